The lowest BCUT2D eigenvalue weighted by atomic mass is 9.91. The van der Waals surface area contributed by atoms with Crippen molar-refractivity contribution in [3.05, 3.63) is 59.7 Å². The van der Waals surface area contributed by atoms with Gasteiger partial charge in [-0.25, -0.2) is 0 Å². The molecule has 0 saturated heterocycles. The van der Waals surface area contributed by atoms with Crippen molar-refractivity contribution in [2.45, 2.75) is 6.42 Å². The molecule has 2 aromatic rings. The Balaban J connectivity index is 2.27. The third-order valence-electron chi connectivity index (χ3n) is 3.16. The number of hydrogen-bond donors (Lipinski definition) is 3. The number of rotatable bonds is 5. The molecule has 1 atom stereocenters. The van der Waals surface area contributed by atoms with Crippen molar-refractivity contribution in [1.82, 2.24) is 0 Å². The van der Waals surface area contributed by atoms with Crippen LogP contribution in [0, 0.1) is 5.92 Å². The van der Waals surface area contributed by atoms with E-state index in [-0.39, 0.29) is 17.7 Å². The van der Waals surface area contributed by atoms with Crippen LogP contribution >= 0.6 is 0 Å². The Bertz CT molecular complexity index is 664. The van der Waals surface area contributed by atoms with E-state index in [2.05, 4.69) is 0 Å². The largest absolute Gasteiger partial charge is 0.504 e. The number of aromatic hydroxyl groups is 2. The normalized spacial score (nSPS) is 11.8. The molecule has 0 aromatic heterocycles. The zero-order chi connectivity index (χ0) is 15.4. The summed E-state index contributed by atoms with van der Waals surface area (Å²) in [7, 11) is 0. The molecular formula is C16H14O5. The second kappa shape index (κ2) is 6.09. The third-order valence-corrected chi connectivity index (χ3v) is 3.16. The standard InChI is InChI=1S/C16H14O5/c17-13-7-6-11(9-14(13)18)15(19)12(16(20)21)8-10-4-2-1-3-5-10/h1-7,9,12,17-18H,8H2,(H,20,21). The van der Waals surface area contributed by atoms with Crippen molar-refractivity contribution in [2.24, 2.45) is 5.92 Å². The van der Waals surface area contributed by atoms with Gasteiger partial charge in [-0.2, -0.15) is 0 Å². The van der Waals surface area contributed by atoms with Crippen molar-refractivity contribution in [3.8, 4) is 11.5 Å². The maximum Gasteiger partial charge on any atom is 0.314 e. The van der Waals surface area contributed by atoms with Crippen molar-refractivity contribution >= 4 is 11.8 Å². The molecule has 0 saturated carbocycles. The van der Waals surface area contributed by atoms with E-state index in [0.717, 1.165) is 17.7 Å². The van der Waals surface area contributed by atoms with Crippen molar-refractivity contribution in [1.29, 1.82) is 0 Å². The number of ketones is 1. The first-order valence-electron chi connectivity index (χ1n) is 6.32. The van der Waals surface area contributed by atoms with Crippen LogP contribution < -0.4 is 0 Å². The third kappa shape index (κ3) is 3.39. The van der Waals surface area contributed by atoms with E-state index in [1.165, 1.54) is 6.07 Å². The first kappa shape index (κ1) is 14.6. The lowest BCUT2D eigenvalue weighted by molar-refractivity contribution is -0.139. The molecule has 108 valence electrons. The zero-order valence-electron chi connectivity index (χ0n) is 11.1. The minimum atomic E-state index is -1.24. The van der Waals surface area contributed by atoms with E-state index in [1.54, 1.807) is 30.3 Å². The fourth-order valence-corrected chi connectivity index (χ4v) is 2.02. The van der Waals surface area contributed by atoms with Crippen molar-refractivity contribution in [3.63, 3.8) is 0 Å². The number of phenols is 2. The number of Topliss-reactive ketones (excluding diaryl/α,β-unsaturated/α-hetero) is 1. The van der Waals surface area contributed by atoms with Crippen LogP contribution in [-0.4, -0.2) is 27.1 Å². The smallest absolute Gasteiger partial charge is 0.314 e. The molecule has 3 N–H and O–H groups in total. The summed E-state index contributed by atoms with van der Waals surface area (Å²) in [5, 5.41) is 27.9. The first-order chi connectivity index (χ1) is 9.99. The molecule has 0 heterocycles. The van der Waals surface area contributed by atoms with Gasteiger partial charge < -0.3 is 15.3 Å². The SMILES string of the molecule is O=C(O)C(Cc1ccccc1)C(=O)c1ccc(O)c(O)c1. The van der Waals surface area contributed by atoms with Gasteiger partial charge in [0.25, 0.3) is 0 Å². The van der Waals surface area contributed by atoms with E-state index in [0.29, 0.717) is 0 Å². The molecule has 0 radical (unpaired) electrons. The van der Waals surface area contributed by atoms with E-state index in [9.17, 15) is 24.9 Å². The molecule has 5 nitrogen and oxygen atoms in total. The van der Waals surface area contributed by atoms with Gasteiger partial charge in [-0.05, 0) is 30.2 Å². The average Bonchev–Trinajstić information content (AvgIpc) is 2.47. The quantitative estimate of drug-likeness (QED) is 0.445. The lowest BCUT2D eigenvalue weighted by Crippen LogP contribution is -2.26. The second-order valence-electron chi connectivity index (χ2n) is 4.65. The maximum absolute atomic E-state index is 12.3. The van der Waals surface area contributed by atoms with Gasteiger partial charge in [0.2, 0.25) is 0 Å². The van der Waals surface area contributed by atoms with Gasteiger partial charge >= 0.3 is 5.97 Å². The predicted octanol–water partition coefficient (Wildman–Crippen LogP) is 2.22. The molecule has 0 aliphatic carbocycles. The summed E-state index contributed by atoms with van der Waals surface area (Å²) >= 11 is 0. The number of aliphatic carboxylic acids is 1. The number of carbonyl (C=O) groups excluding carboxylic acids is 1. The molecule has 0 bridgehead atoms. The van der Waals surface area contributed by atoms with E-state index < -0.39 is 23.4 Å². The number of carboxylic acids is 1. The number of carbonyl (C=O) groups is 2. The van der Waals surface area contributed by atoms with Gasteiger partial charge in [0.15, 0.2) is 17.3 Å². The minimum Gasteiger partial charge on any atom is -0.504 e. The fourth-order valence-electron chi connectivity index (χ4n) is 2.02. The Morgan fingerprint density at radius 1 is 0.952 bits per heavy atom. The van der Waals surface area contributed by atoms with Crippen LogP contribution in [0.25, 0.3) is 0 Å². The lowest BCUT2D eigenvalue weighted by Gasteiger charge is -2.12. The van der Waals surface area contributed by atoms with Crippen LogP contribution in [0.15, 0.2) is 48.5 Å². The number of phenolic OH excluding ortho intramolecular Hbond substituents is 2. The van der Waals surface area contributed by atoms with Crippen molar-refractivity contribution in [2.75, 3.05) is 0 Å². The highest BCUT2D eigenvalue weighted by atomic mass is 16.4. The van der Waals surface area contributed by atoms with E-state index >= 15 is 0 Å². The minimum absolute atomic E-state index is 0.0497. The Kier molecular flexibility index (Phi) is 4.23. The molecule has 0 aliphatic heterocycles. The van der Waals surface area contributed by atoms with Crippen LogP contribution in [0.3, 0.4) is 0 Å². The van der Waals surface area contributed by atoms with Crippen LogP contribution in [0.1, 0.15) is 15.9 Å². The Morgan fingerprint density at radius 2 is 1.62 bits per heavy atom. The van der Waals surface area contributed by atoms with Crippen LogP contribution in [0.2, 0.25) is 0 Å². The molecule has 1 unspecified atom stereocenters. The van der Waals surface area contributed by atoms with Gasteiger partial charge in [0, 0.05) is 5.56 Å². The first-order valence-corrected chi connectivity index (χ1v) is 6.32. The van der Waals surface area contributed by atoms with Crippen LogP contribution in [0.5, 0.6) is 11.5 Å². The van der Waals surface area contributed by atoms with Crippen LogP contribution in [0.4, 0.5) is 0 Å². The molecule has 0 fully saturated rings. The van der Waals surface area contributed by atoms with Gasteiger partial charge in [-0.3, -0.25) is 9.59 Å². The summed E-state index contributed by atoms with van der Waals surface area (Å²) in [6.07, 6.45) is 0.0661. The zero-order valence-corrected chi connectivity index (χ0v) is 11.1. The second-order valence-corrected chi connectivity index (χ2v) is 4.65. The summed E-state index contributed by atoms with van der Waals surface area (Å²) in [5.41, 5.74) is 0.787. The molecule has 2 aromatic carbocycles. The summed E-state index contributed by atoms with van der Waals surface area (Å²) in [4.78, 5) is 23.6. The van der Waals surface area contributed by atoms with Gasteiger partial charge in [-0.15, -0.1) is 0 Å². The molecule has 21 heavy (non-hydrogen) atoms. The molecular weight excluding hydrogens is 272 g/mol. The molecule has 0 amide bonds. The molecule has 5 heteroatoms. The number of hydrogen-bond acceptors (Lipinski definition) is 4. The molecule has 0 spiro atoms. The number of carboxylic acid groups (broad SMARTS) is 1. The summed E-state index contributed by atoms with van der Waals surface area (Å²) < 4.78 is 0. The highest BCUT2D eigenvalue weighted by Crippen LogP contribution is 2.26. The van der Waals surface area contributed by atoms with E-state index in [4.69, 9.17) is 0 Å². The average molecular weight is 286 g/mol. The summed E-state index contributed by atoms with van der Waals surface area (Å²) in [6, 6.07) is 12.4. The molecule has 0 aliphatic rings. The highest BCUT2D eigenvalue weighted by Gasteiger charge is 2.28. The predicted molar refractivity (Wildman–Crippen MR) is 75.4 cm³/mol. The Hall–Kier alpha value is -2.82. The van der Waals surface area contributed by atoms with E-state index in [1.807, 2.05) is 0 Å². The topological polar surface area (TPSA) is 94.8 Å². The summed E-state index contributed by atoms with van der Waals surface area (Å²) in [6.45, 7) is 0. The monoisotopic (exact) mass is 286 g/mol. The fraction of sp³-hybridized carbons (Fsp3) is 0.125. The maximum atomic E-state index is 12.3. The van der Waals surface area contributed by atoms with Gasteiger partial charge in [0.1, 0.15) is 5.92 Å². The summed E-state index contributed by atoms with van der Waals surface area (Å²) in [5.74, 6) is -3.89. The van der Waals surface area contributed by atoms with Gasteiger partial charge in [0.05, 0.1) is 0 Å². The van der Waals surface area contributed by atoms with Crippen molar-refractivity contribution < 1.29 is 24.9 Å². The number of benzene rings is 2. The van der Waals surface area contributed by atoms with Gasteiger partial charge in [-0.1, -0.05) is 30.3 Å². The molecule has 2 rings (SSSR count). The van der Waals surface area contributed by atoms with Crippen LogP contribution in [-0.2, 0) is 11.2 Å². The highest BCUT2D eigenvalue weighted by molar-refractivity contribution is 6.08. The Labute approximate surface area is 121 Å². The Morgan fingerprint density at radius 3 is 2.19 bits per heavy atom.